The van der Waals surface area contributed by atoms with Crippen molar-refractivity contribution >= 4 is 21.6 Å². The summed E-state index contributed by atoms with van der Waals surface area (Å²) in [6.45, 7) is 7.24. The summed E-state index contributed by atoms with van der Waals surface area (Å²) in [6, 6.07) is 10.8. The molecule has 2 aromatic rings. The third kappa shape index (κ3) is 4.83. The molecule has 0 unspecified atom stereocenters. The zero-order chi connectivity index (χ0) is 21.2. The molecular weight excluding hydrogens is 393 g/mol. The topological polar surface area (TPSA) is 70.9 Å². The number of nitrogens with one attached hydrogen (secondary N) is 2. The zero-order valence-corrected chi connectivity index (χ0v) is 17.7. The Balaban J connectivity index is 1.63. The van der Waals surface area contributed by atoms with Gasteiger partial charge in [0.05, 0.1) is 31.1 Å². The Labute approximate surface area is 171 Å². The predicted molar refractivity (Wildman–Crippen MR) is 110 cm³/mol. The Kier molecular flexibility index (Phi) is 6.36. The van der Waals surface area contributed by atoms with Gasteiger partial charge in [-0.3, -0.25) is 4.79 Å². The van der Waals surface area contributed by atoms with Gasteiger partial charge in [-0.15, -0.1) is 0 Å². The van der Waals surface area contributed by atoms with E-state index in [1.807, 2.05) is 19.1 Å². The third-order valence-electron chi connectivity index (χ3n) is 5.42. The van der Waals surface area contributed by atoms with Gasteiger partial charge in [-0.25, -0.2) is 12.8 Å². The average Bonchev–Trinajstić information content (AvgIpc) is 2.69. The highest BCUT2D eigenvalue weighted by molar-refractivity contribution is 7.89. The van der Waals surface area contributed by atoms with E-state index in [4.69, 9.17) is 0 Å². The van der Waals surface area contributed by atoms with Gasteiger partial charge in [0.1, 0.15) is 5.82 Å². The Bertz CT molecular complexity index is 1000. The number of rotatable bonds is 5. The lowest BCUT2D eigenvalue weighted by Gasteiger charge is -2.34. The van der Waals surface area contributed by atoms with Crippen LogP contribution in [0.2, 0.25) is 0 Å². The first kappa shape index (κ1) is 21.4. The number of nitrogens with zero attached hydrogens (tertiary/aromatic N) is 1. The van der Waals surface area contributed by atoms with Gasteiger partial charge in [0.25, 0.3) is 5.91 Å². The van der Waals surface area contributed by atoms with Crippen LogP contribution in [0.4, 0.5) is 10.1 Å². The van der Waals surface area contributed by atoms with Crippen LogP contribution in [-0.2, 0) is 14.8 Å². The number of halogens is 1. The Morgan fingerprint density at radius 1 is 1.14 bits per heavy atom. The molecule has 0 aromatic heterocycles. The summed E-state index contributed by atoms with van der Waals surface area (Å²) in [4.78, 5) is 13.9. The second-order valence-corrected chi connectivity index (χ2v) is 9.46. The monoisotopic (exact) mass is 420 g/mol. The molecule has 0 aliphatic carbocycles. The van der Waals surface area contributed by atoms with Gasteiger partial charge in [-0.05, 0) is 56.2 Å². The van der Waals surface area contributed by atoms with E-state index in [0.29, 0.717) is 36.8 Å². The van der Waals surface area contributed by atoms with E-state index >= 15 is 0 Å². The first-order chi connectivity index (χ1) is 13.7. The quantitative estimate of drug-likeness (QED) is 0.767. The minimum atomic E-state index is -3.56. The van der Waals surface area contributed by atoms with Gasteiger partial charge in [-0.2, -0.15) is 4.31 Å². The molecule has 0 spiro atoms. The third-order valence-corrected chi connectivity index (χ3v) is 7.46. The number of aryl methyl sites for hydroxylation is 2. The number of hydrogen-bond acceptors (Lipinski definition) is 3. The predicted octanol–water partition coefficient (Wildman–Crippen LogP) is 1.36. The Hall–Kier alpha value is -2.29. The summed E-state index contributed by atoms with van der Waals surface area (Å²) in [7, 11) is -3.56. The molecule has 1 fully saturated rings. The van der Waals surface area contributed by atoms with Crippen molar-refractivity contribution < 1.29 is 22.5 Å². The van der Waals surface area contributed by atoms with Gasteiger partial charge < -0.3 is 10.2 Å². The van der Waals surface area contributed by atoms with E-state index in [1.165, 1.54) is 16.4 Å². The number of hydrogen-bond donors (Lipinski definition) is 2. The van der Waals surface area contributed by atoms with Crippen LogP contribution in [0.15, 0.2) is 47.4 Å². The van der Waals surface area contributed by atoms with Crippen LogP contribution < -0.4 is 10.2 Å². The summed E-state index contributed by atoms with van der Waals surface area (Å²) in [5.41, 5.74) is 2.05. The van der Waals surface area contributed by atoms with Crippen molar-refractivity contribution in [2.45, 2.75) is 31.7 Å². The van der Waals surface area contributed by atoms with Crippen LogP contribution in [0.1, 0.15) is 18.1 Å². The molecule has 0 bridgehead atoms. The van der Waals surface area contributed by atoms with E-state index in [-0.39, 0.29) is 11.9 Å². The van der Waals surface area contributed by atoms with Gasteiger partial charge in [0.15, 0.2) is 6.04 Å². The maximum absolute atomic E-state index is 13.3. The number of quaternary nitrogens is 1. The molecule has 0 radical (unpaired) electrons. The van der Waals surface area contributed by atoms with Crippen molar-refractivity contribution in [3.8, 4) is 0 Å². The van der Waals surface area contributed by atoms with Gasteiger partial charge in [0, 0.05) is 5.69 Å². The zero-order valence-electron chi connectivity index (χ0n) is 16.9. The van der Waals surface area contributed by atoms with E-state index in [9.17, 15) is 17.6 Å². The van der Waals surface area contributed by atoms with Crippen molar-refractivity contribution in [3.05, 3.63) is 59.4 Å². The molecule has 3 rings (SSSR count). The number of amides is 1. The van der Waals surface area contributed by atoms with Crippen LogP contribution >= 0.6 is 0 Å². The van der Waals surface area contributed by atoms with Crippen LogP contribution in [0.5, 0.6) is 0 Å². The first-order valence-corrected chi connectivity index (χ1v) is 11.1. The molecule has 1 saturated heterocycles. The molecule has 0 saturated carbocycles. The van der Waals surface area contributed by atoms with Crippen molar-refractivity contribution in [1.29, 1.82) is 0 Å². The van der Waals surface area contributed by atoms with Crippen LogP contribution in [0.25, 0.3) is 0 Å². The van der Waals surface area contributed by atoms with Crippen molar-refractivity contribution in [3.63, 3.8) is 0 Å². The smallest absolute Gasteiger partial charge is 0.282 e. The second-order valence-electron chi connectivity index (χ2n) is 7.55. The minimum absolute atomic E-state index is 0.212. The summed E-state index contributed by atoms with van der Waals surface area (Å²) in [5, 5.41) is 2.73. The molecule has 156 valence electrons. The number of benzene rings is 2. The number of carbonyl (C=O) groups excluding carboxylic acids is 1. The van der Waals surface area contributed by atoms with Gasteiger partial charge in [0.2, 0.25) is 10.0 Å². The molecule has 1 aliphatic heterocycles. The summed E-state index contributed by atoms with van der Waals surface area (Å²) in [6.07, 6.45) is 0. The first-order valence-electron chi connectivity index (χ1n) is 9.67. The normalized spacial score (nSPS) is 17.1. The van der Waals surface area contributed by atoms with Gasteiger partial charge >= 0.3 is 0 Å². The fourth-order valence-electron chi connectivity index (χ4n) is 3.57. The molecule has 29 heavy (non-hydrogen) atoms. The molecule has 1 heterocycles. The lowest BCUT2D eigenvalue weighted by atomic mass is 10.2. The lowest BCUT2D eigenvalue weighted by Crippen LogP contribution is -3.19. The number of piperazine rings is 1. The highest BCUT2D eigenvalue weighted by Crippen LogP contribution is 2.21. The Morgan fingerprint density at radius 2 is 1.83 bits per heavy atom. The van der Waals surface area contributed by atoms with Crippen molar-refractivity contribution in [1.82, 2.24) is 4.31 Å². The number of carbonyl (C=O) groups is 1. The van der Waals surface area contributed by atoms with Gasteiger partial charge in [-0.1, -0.05) is 18.2 Å². The molecule has 8 heteroatoms. The average molecular weight is 421 g/mol. The van der Waals surface area contributed by atoms with E-state index < -0.39 is 15.8 Å². The van der Waals surface area contributed by atoms with E-state index in [0.717, 1.165) is 16.0 Å². The Morgan fingerprint density at radius 3 is 2.48 bits per heavy atom. The fraction of sp³-hybridized carbons (Fsp3) is 0.381. The molecule has 1 amide bonds. The molecule has 1 atom stereocenters. The minimum Gasteiger partial charge on any atom is -0.323 e. The molecule has 6 nitrogen and oxygen atoms in total. The maximum atomic E-state index is 13.3. The summed E-state index contributed by atoms with van der Waals surface area (Å²) >= 11 is 0. The molecular formula is C21H27FN3O3S+. The summed E-state index contributed by atoms with van der Waals surface area (Å²) in [5.74, 6) is -0.621. The van der Waals surface area contributed by atoms with Crippen LogP contribution in [0.3, 0.4) is 0 Å². The summed E-state index contributed by atoms with van der Waals surface area (Å²) < 4.78 is 40.9. The molecule has 1 aliphatic rings. The highest BCUT2D eigenvalue weighted by Gasteiger charge is 2.35. The molecule has 2 aromatic carbocycles. The SMILES string of the molecule is Cc1ccc(C)c(S(=O)(=O)N2CC[NH+]([C@H](C)C(=O)Nc3cccc(F)c3)CC2)c1. The van der Waals surface area contributed by atoms with Crippen molar-refractivity contribution in [2.24, 2.45) is 0 Å². The maximum Gasteiger partial charge on any atom is 0.282 e. The molecule has 2 N–H and O–H groups in total. The van der Waals surface area contributed by atoms with E-state index in [2.05, 4.69) is 5.32 Å². The largest absolute Gasteiger partial charge is 0.323 e. The van der Waals surface area contributed by atoms with Crippen molar-refractivity contribution in [2.75, 3.05) is 31.5 Å². The lowest BCUT2D eigenvalue weighted by molar-refractivity contribution is -0.917. The number of sulfonamides is 1. The van der Waals surface area contributed by atoms with Crippen LogP contribution in [0, 0.1) is 19.7 Å². The standard InChI is InChI=1S/C21H26FN3O3S/c1-15-7-8-16(2)20(13-15)29(27,28)25-11-9-24(10-12-25)17(3)21(26)23-19-6-4-5-18(22)14-19/h4-8,13-14,17H,9-12H2,1-3H3,(H,23,26)/p+1/t17-/m1/s1. The van der Waals surface area contributed by atoms with E-state index in [1.54, 1.807) is 32.0 Å². The highest BCUT2D eigenvalue weighted by atomic mass is 32.2. The number of anilines is 1. The fourth-order valence-corrected chi connectivity index (χ4v) is 5.32. The second kappa shape index (κ2) is 8.61. The van der Waals surface area contributed by atoms with Crippen LogP contribution in [-0.4, -0.2) is 50.9 Å².